The lowest BCUT2D eigenvalue weighted by molar-refractivity contribution is -0.121. The molecule has 0 atom stereocenters. The zero-order valence-corrected chi connectivity index (χ0v) is 13.6. The molecule has 0 aromatic heterocycles. The molecule has 2 aromatic carbocycles. The number of amides is 2. The number of Topliss-reactive ketones (excluding diaryl/α,β-unsaturated/α-hetero) is 1. The van der Waals surface area contributed by atoms with Crippen molar-refractivity contribution in [3.63, 3.8) is 0 Å². The van der Waals surface area contributed by atoms with Gasteiger partial charge < -0.3 is 4.74 Å². The van der Waals surface area contributed by atoms with Crippen LogP contribution in [0.3, 0.4) is 0 Å². The standard InChI is InChI=1S/C19H14FNO5/c20-14-3-1-2-13(10-14)16(22)11-26-19(25)12-4-6-15(7-5-12)21-17(23)8-9-18(21)24/h1-7,10H,8-9,11H2. The van der Waals surface area contributed by atoms with Crippen LogP contribution >= 0.6 is 0 Å². The van der Waals surface area contributed by atoms with Crippen molar-refractivity contribution in [1.29, 1.82) is 0 Å². The Bertz CT molecular complexity index is 875. The second-order valence-corrected chi connectivity index (χ2v) is 5.68. The number of nitrogens with zero attached hydrogens (tertiary/aromatic N) is 1. The highest BCUT2D eigenvalue weighted by atomic mass is 19.1. The minimum atomic E-state index is -0.736. The highest BCUT2D eigenvalue weighted by molar-refractivity contribution is 6.19. The number of halogens is 1. The zero-order chi connectivity index (χ0) is 18.7. The minimum absolute atomic E-state index is 0.110. The fourth-order valence-electron chi connectivity index (χ4n) is 2.57. The highest BCUT2D eigenvalue weighted by Gasteiger charge is 2.30. The lowest BCUT2D eigenvalue weighted by Gasteiger charge is -2.14. The Morgan fingerprint density at radius 2 is 1.62 bits per heavy atom. The number of hydrogen-bond acceptors (Lipinski definition) is 5. The molecular formula is C19H14FNO5. The summed E-state index contributed by atoms with van der Waals surface area (Å²) in [4.78, 5) is 48.4. The van der Waals surface area contributed by atoms with Crippen LogP contribution in [0.1, 0.15) is 33.6 Å². The van der Waals surface area contributed by atoms with Gasteiger partial charge in [-0.3, -0.25) is 19.3 Å². The average molecular weight is 355 g/mol. The van der Waals surface area contributed by atoms with Gasteiger partial charge in [-0.25, -0.2) is 9.18 Å². The van der Waals surface area contributed by atoms with Crippen molar-refractivity contribution < 1.29 is 28.3 Å². The quantitative estimate of drug-likeness (QED) is 0.468. The van der Waals surface area contributed by atoms with Crippen molar-refractivity contribution in [1.82, 2.24) is 0 Å². The smallest absolute Gasteiger partial charge is 0.338 e. The van der Waals surface area contributed by atoms with Crippen LogP contribution in [0.5, 0.6) is 0 Å². The van der Waals surface area contributed by atoms with Crippen LogP contribution < -0.4 is 4.90 Å². The van der Waals surface area contributed by atoms with E-state index in [9.17, 15) is 23.6 Å². The lowest BCUT2D eigenvalue weighted by atomic mass is 10.1. The summed E-state index contributed by atoms with van der Waals surface area (Å²) in [7, 11) is 0. The van der Waals surface area contributed by atoms with E-state index in [-0.39, 0.29) is 35.8 Å². The van der Waals surface area contributed by atoms with Gasteiger partial charge >= 0.3 is 5.97 Å². The van der Waals surface area contributed by atoms with Crippen molar-refractivity contribution in [3.8, 4) is 0 Å². The molecular weight excluding hydrogens is 341 g/mol. The summed E-state index contributed by atoms with van der Waals surface area (Å²) in [5, 5.41) is 0. The van der Waals surface area contributed by atoms with Gasteiger partial charge in [0.05, 0.1) is 11.3 Å². The molecule has 0 radical (unpaired) electrons. The van der Waals surface area contributed by atoms with Crippen LogP contribution in [-0.2, 0) is 14.3 Å². The summed E-state index contributed by atoms with van der Waals surface area (Å²) in [5.74, 6) is -2.39. The maximum absolute atomic E-state index is 13.1. The van der Waals surface area contributed by atoms with Gasteiger partial charge in [0, 0.05) is 18.4 Å². The van der Waals surface area contributed by atoms with Crippen molar-refractivity contribution >= 4 is 29.3 Å². The fourth-order valence-corrected chi connectivity index (χ4v) is 2.57. The summed E-state index contributed by atoms with van der Waals surface area (Å²) in [6.45, 7) is -0.521. The lowest BCUT2D eigenvalue weighted by Crippen LogP contribution is -2.28. The van der Waals surface area contributed by atoms with E-state index >= 15 is 0 Å². The van der Waals surface area contributed by atoms with Crippen LogP contribution in [0.25, 0.3) is 0 Å². The largest absolute Gasteiger partial charge is 0.454 e. The molecule has 1 aliphatic rings. The predicted octanol–water partition coefficient (Wildman–Crippen LogP) is 2.52. The maximum atomic E-state index is 13.1. The molecule has 1 fully saturated rings. The van der Waals surface area contributed by atoms with E-state index in [1.165, 1.54) is 42.5 Å². The number of anilines is 1. The Hall–Kier alpha value is -3.35. The van der Waals surface area contributed by atoms with Crippen LogP contribution in [0.15, 0.2) is 48.5 Å². The van der Waals surface area contributed by atoms with Gasteiger partial charge in [-0.15, -0.1) is 0 Å². The van der Waals surface area contributed by atoms with Crippen molar-refractivity contribution in [3.05, 3.63) is 65.5 Å². The van der Waals surface area contributed by atoms with Gasteiger partial charge in [-0.2, -0.15) is 0 Å². The third-order valence-electron chi connectivity index (χ3n) is 3.89. The monoisotopic (exact) mass is 355 g/mol. The average Bonchev–Trinajstić information content (AvgIpc) is 2.98. The number of esters is 1. The van der Waals surface area contributed by atoms with E-state index in [0.717, 1.165) is 11.0 Å². The van der Waals surface area contributed by atoms with Crippen molar-refractivity contribution in [2.45, 2.75) is 12.8 Å². The first-order valence-electron chi connectivity index (χ1n) is 7.87. The summed E-state index contributed by atoms with van der Waals surface area (Å²) in [5.41, 5.74) is 0.656. The molecule has 7 heteroatoms. The second kappa shape index (κ2) is 7.26. The molecule has 0 spiro atoms. The normalized spacial score (nSPS) is 13.8. The Kier molecular flexibility index (Phi) is 4.88. The molecule has 0 unspecified atom stereocenters. The molecule has 6 nitrogen and oxygen atoms in total. The SMILES string of the molecule is O=C(COC(=O)c1ccc(N2C(=O)CCC2=O)cc1)c1cccc(F)c1. The Labute approximate surface area is 148 Å². The van der Waals surface area contributed by atoms with Crippen LogP contribution in [0, 0.1) is 5.82 Å². The summed E-state index contributed by atoms with van der Waals surface area (Å²) >= 11 is 0. The third kappa shape index (κ3) is 3.66. The first kappa shape index (κ1) is 17.5. The van der Waals surface area contributed by atoms with E-state index < -0.39 is 24.2 Å². The molecule has 3 rings (SSSR count). The van der Waals surface area contributed by atoms with Gasteiger partial charge in [0.2, 0.25) is 11.8 Å². The molecule has 2 amide bonds. The van der Waals surface area contributed by atoms with Crippen LogP contribution in [-0.4, -0.2) is 30.2 Å². The molecule has 132 valence electrons. The van der Waals surface area contributed by atoms with Gasteiger partial charge in [0.25, 0.3) is 0 Å². The molecule has 0 bridgehead atoms. The third-order valence-corrected chi connectivity index (χ3v) is 3.89. The molecule has 0 aliphatic carbocycles. The first-order valence-corrected chi connectivity index (χ1v) is 7.87. The molecule has 1 heterocycles. The first-order chi connectivity index (χ1) is 12.5. The van der Waals surface area contributed by atoms with E-state index in [1.807, 2.05) is 0 Å². The van der Waals surface area contributed by atoms with E-state index in [2.05, 4.69) is 0 Å². The number of rotatable bonds is 5. The van der Waals surface area contributed by atoms with Crippen molar-refractivity contribution in [2.75, 3.05) is 11.5 Å². The van der Waals surface area contributed by atoms with E-state index in [1.54, 1.807) is 0 Å². The molecule has 0 N–H and O–H groups in total. The molecule has 2 aromatic rings. The number of ether oxygens (including phenoxy) is 1. The van der Waals surface area contributed by atoms with Crippen molar-refractivity contribution in [2.24, 2.45) is 0 Å². The summed E-state index contributed by atoms with van der Waals surface area (Å²) in [6.07, 6.45) is 0.343. The molecule has 1 aliphatic heterocycles. The predicted molar refractivity (Wildman–Crippen MR) is 89.2 cm³/mol. The topological polar surface area (TPSA) is 80.8 Å². The number of imide groups is 1. The Morgan fingerprint density at radius 1 is 0.962 bits per heavy atom. The number of ketones is 1. The number of benzene rings is 2. The number of carbonyl (C=O) groups is 4. The summed E-state index contributed by atoms with van der Waals surface area (Å²) in [6, 6.07) is 10.8. The highest BCUT2D eigenvalue weighted by Crippen LogP contribution is 2.23. The van der Waals surface area contributed by atoms with Crippen LogP contribution in [0.2, 0.25) is 0 Å². The minimum Gasteiger partial charge on any atom is -0.454 e. The van der Waals surface area contributed by atoms with Gasteiger partial charge in [-0.1, -0.05) is 12.1 Å². The summed E-state index contributed by atoms with van der Waals surface area (Å²) < 4.78 is 18.0. The van der Waals surface area contributed by atoms with E-state index in [4.69, 9.17) is 4.74 Å². The molecule has 1 saturated heterocycles. The zero-order valence-electron chi connectivity index (χ0n) is 13.6. The van der Waals surface area contributed by atoms with Gasteiger partial charge in [-0.05, 0) is 36.4 Å². The molecule has 26 heavy (non-hydrogen) atoms. The maximum Gasteiger partial charge on any atom is 0.338 e. The number of hydrogen-bond donors (Lipinski definition) is 0. The van der Waals surface area contributed by atoms with Gasteiger partial charge in [0.1, 0.15) is 5.82 Å². The second-order valence-electron chi connectivity index (χ2n) is 5.68. The Balaban J connectivity index is 1.62. The van der Waals surface area contributed by atoms with E-state index in [0.29, 0.717) is 5.69 Å². The Morgan fingerprint density at radius 3 is 2.23 bits per heavy atom. The van der Waals surface area contributed by atoms with Gasteiger partial charge in [0.15, 0.2) is 12.4 Å². The fraction of sp³-hybridized carbons (Fsp3) is 0.158. The number of carbonyl (C=O) groups excluding carboxylic acids is 4. The van der Waals surface area contributed by atoms with Crippen LogP contribution in [0.4, 0.5) is 10.1 Å². The molecule has 0 saturated carbocycles.